The van der Waals surface area contributed by atoms with Gasteiger partial charge in [0, 0.05) is 37.9 Å². The predicted molar refractivity (Wildman–Crippen MR) is 120 cm³/mol. The number of hydrogen-bond acceptors (Lipinski definition) is 4. The van der Waals surface area contributed by atoms with Crippen molar-refractivity contribution in [3.63, 3.8) is 0 Å². The van der Waals surface area contributed by atoms with E-state index < -0.39 is 10.0 Å². The minimum absolute atomic E-state index is 0.0133. The average Bonchev–Trinajstić information content (AvgIpc) is 3.29. The molecule has 3 aromatic rings. The first-order valence-corrected chi connectivity index (χ1v) is 11.8. The monoisotopic (exact) mass is 440 g/mol. The van der Waals surface area contributed by atoms with Crippen LogP contribution in [-0.2, 0) is 27.8 Å². The highest BCUT2D eigenvalue weighted by molar-refractivity contribution is 7.89. The standard InChI is InChI=1S/C23H28N4O3S/c1-19(21-6-3-2-4-7-21)26-31(29,30)22-11-8-20(9-12-22)10-13-23(28)25-14-5-16-27-17-15-24-18-27/h2-4,6-9,11-12,15,17-19,26H,5,10,13-14,16H2,1H3,(H,25,28)/t19-/m0/s1. The van der Waals surface area contributed by atoms with Crippen LogP contribution in [0.1, 0.15) is 36.9 Å². The van der Waals surface area contributed by atoms with Gasteiger partial charge in [-0.1, -0.05) is 42.5 Å². The SMILES string of the molecule is C[C@H](NS(=O)(=O)c1ccc(CCC(=O)NCCCn2ccnc2)cc1)c1ccccc1. The molecule has 0 saturated heterocycles. The van der Waals surface area contributed by atoms with Crippen molar-refractivity contribution in [3.05, 3.63) is 84.4 Å². The molecule has 0 saturated carbocycles. The molecule has 0 fully saturated rings. The van der Waals surface area contributed by atoms with E-state index in [2.05, 4.69) is 15.0 Å². The number of amides is 1. The number of aryl methyl sites for hydroxylation is 2. The van der Waals surface area contributed by atoms with E-state index in [9.17, 15) is 13.2 Å². The van der Waals surface area contributed by atoms with Crippen LogP contribution >= 0.6 is 0 Å². The fraction of sp³-hybridized carbons (Fsp3) is 0.304. The molecule has 0 aliphatic heterocycles. The lowest BCUT2D eigenvalue weighted by molar-refractivity contribution is -0.121. The second-order valence-electron chi connectivity index (χ2n) is 7.40. The number of aromatic nitrogens is 2. The zero-order valence-corrected chi connectivity index (χ0v) is 18.4. The van der Waals surface area contributed by atoms with Gasteiger partial charge in [0.05, 0.1) is 11.2 Å². The molecule has 2 N–H and O–H groups in total. The number of rotatable bonds is 11. The minimum atomic E-state index is -3.63. The van der Waals surface area contributed by atoms with Gasteiger partial charge in [-0.15, -0.1) is 0 Å². The van der Waals surface area contributed by atoms with Gasteiger partial charge >= 0.3 is 0 Å². The fourth-order valence-electron chi connectivity index (χ4n) is 3.20. The van der Waals surface area contributed by atoms with Gasteiger partial charge in [0.25, 0.3) is 0 Å². The van der Waals surface area contributed by atoms with Crippen LogP contribution in [0.25, 0.3) is 0 Å². The first-order valence-electron chi connectivity index (χ1n) is 10.3. The van der Waals surface area contributed by atoms with Crippen molar-refractivity contribution >= 4 is 15.9 Å². The Bertz CT molecular complexity index is 1050. The Morgan fingerprint density at radius 3 is 2.52 bits per heavy atom. The molecule has 1 heterocycles. The van der Waals surface area contributed by atoms with E-state index >= 15 is 0 Å². The molecule has 1 aromatic heterocycles. The van der Waals surface area contributed by atoms with Crippen molar-refractivity contribution in [2.24, 2.45) is 0 Å². The Hall–Kier alpha value is -2.97. The first-order chi connectivity index (χ1) is 14.9. The summed E-state index contributed by atoms with van der Waals surface area (Å²) in [7, 11) is -3.63. The summed E-state index contributed by atoms with van der Waals surface area (Å²) in [6.07, 6.45) is 7.13. The molecular weight excluding hydrogens is 412 g/mol. The highest BCUT2D eigenvalue weighted by Crippen LogP contribution is 2.17. The minimum Gasteiger partial charge on any atom is -0.356 e. The lowest BCUT2D eigenvalue weighted by Gasteiger charge is -2.15. The summed E-state index contributed by atoms with van der Waals surface area (Å²) in [6.45, 7) is 3.24. The van der Waals surface area contributed by atoms with Gasteiger partial charge in [-0.2, -0.15) is 0 Å². The topological polar surface area (TPSA) is 93.1 Å². The Labute approximate surface area is 183 Å². The van der Waals surface area contributed by atoms with Crippen LogP contribution in [0.4, 0.5) is 0 Å². The molecule has 2 aromatic carbocycles. The molecule has 7 nitrogen and oxygen atoms in total. The van der Waals surface area contributed by atoms with E-state index in [0.29, 0.717) is 19.4 Å². The smallest absolute Gasteiger partial charge is 0.241 e. The maximum absolute atomic E-state index is 12.6. The quantitative estimate of drug-likeness (QED) is 0.448. The normalized spacial score (nSPS) is 12.4. The summed E-state index contributed by atoms with van der Waals surface area (Å²) in [5.41, 5.74) is 1.82. The molecule has 0 bridgehead atoms. The Kier molecular flexibility index (Phi) is 7.97. The second-order valence-corrected chi connectivity index (χ2v) is 9.12. The number of imidazole rings is 1. The summed E-state index contributed by atoms with van der Waals surface area (Å²) < 4.78 is 30.0. The van der Waals surface area contributed by atoms with Crippen molar-refractivity contribution in [2.75, 3.05) is 6.54 Å². The number of sulfonamides is 1. The van der Waals surface area contributed by atoms with Crippen LogP contribution in [0.3, 0.4) is 0 Å². The Morgan fingerprint density at radius 2 is 1.84 bits per heavy atom. The summed E-state index contributed by atoms with van der Waals surface area (Å²) in [6, 6.07) is 15.8. The van der Waals surface area contributed by atoms with Crippen LogP contribution in [-0.4, -0.2) is 30.4 Å². The van der Waals surface area contributed by atoms with Crippen LogP contribution in [0.5, 0.6) is 0 Å². The number of nitrogens with zero attached hydrogens (tertiary/aromatic N) is 2. The summed E-state index contributed by atoms with van der Waals surface area (Å²) in [5, 5.41) is 2.91. The zero-order valence-electron chi connectivity index (χ0n) is 17.6. The third-order valence-electron chi connectivity index (χ3n) is 4.98. The summed E-state index contributed by atoms with van der Waals surface area (Å²) in [4.78, 5) is 16.2. The van der Waals surface area contributed by atoms with E-state index in [4.69, 9.17) is 0 Å². The number of carbonyl (C=O) groups is 1. The maximum Gasteiger partial charge on any atom is 0.241 e. The molecule has 1 amide bonds. The first kappa shape index (κ1) is 22.7. The molecule has 31 heavy (non-hydrogen) atoms. The highest BCUT2D eigenvalue weighted by Gasteiger charge is 2.18. The van der Waals surface area contributed by atoms with Gasteiger partial charge < -0.3 is 9.88 Å². The third kappa shape index (κ3) is 7.04. The van der Waals surface area contributed by atoms with E-state index in [-0.39, 0.29) is 16.8 Å². The van der Waals surface area contributed by atoms with Gasteiger partial charge in [0.15, 0.2) is 0 Å². The van der Waals surface area contributed by atoms with Crippen molar-refractivity contribution in [2.45, 2.75) is 43.7 Å². The van der Waals surface area contributed by atoms with Gasteiger partial charge in [0.2, 0.25) is 15.9 Å². The van der Waals surface area contributed by atoms with E-state index in [1.807, 2.05) is 48.0 Å². The highest BCUT2D eigenvalue weighted by atomic mass is 32.2. The zero-order chi connectivity index (χ0) is 22.1. The van der Waals surface area contributed by atoms with Crippen molar-refractivity contribution in [3.8, 4) is 0 Å². The summed E-state index contributed by atoms with van der Waals surface area (Å²) in [5.74, 6) is -0.0133. The Morgan fingerprint density at radius 1 is 1.10 bits per heavy atom. The van der Waals surface area contributed by atoms with E-state index in [1.165, 1.54) is 0 Å². The molecule has 0 aliphatic carbocycles. The number of carbonyl (C=O) groups excluding carboxylic acids is 1. The van der Waals surface area contributed by atoms with Gasteiger partial charge in [0.1, 0.15) is 0 Å². The molecule has 8 heteroatoms. The van der Waals surface area contributed by atoms with Crippen LogP contribution in [0.2, 0.25) is 0 Å². The van der Waals surface area contributed by atoms with E-state index in [0.717, 1.165) is 24.1 Å². The lowest BCUT2D eigenvalue weighted by atomic mass is 10.1. The number of nitrogens with one attached hydrogen (secondary N) is 2. The molecule has 1 atom stereocenters. The van der Waals surface area contributed by atoms with Crippen molar-refractivity contribution < 1.29 is 13.2 Å². The van der Waals surface area contributed by atoms with Crippen LogP contribution < -0.4 is 10.0 Å². The molecule has 3 rings (SSSR count). The van der Waals surface area contributed by atoms with Gasteiger partial charge in [-0.3, -0.25) is 4.79 Å². The van der Waals surface area contributed by atoms with Gasteiger partial charge in [-0.05, 0) is 43.0 Å². The predicted octanol–water partition coefficient (Wildman–Crippen LogP) is 3.06. The molecule has 0 spiro atoms. The van der Waals surface area contributed by atoms with Crippen LogP contribution in [0, 0.1) is 0 Å². The van der Waals surface area contributed by atoms with Crippen molar-refractivity contribution in [1.82, 2.24) is 19.6 Å². The third-order valence-corrected chi connectivity index (χ3v) is 6.54. The molecule has 164 valence electrons. The number of benzene rings is 2. The molecular formula is C23H28N4O3S. The van der Waals surface area contributed by atoms with E-state index in [1.54, 1.807) is 36.8 Å². The van der Waals surface area contributed by atoms with Crippen LogP contribution in [0.15, 0.2) is 78.2 Å². The Balaban J connectivity index is 1.44. The second kappa shape index (κ2) is 10.9. The fourth-order valence-corrected chi connectivity index (χ4v) is 4.43. The average molecular weight is 441 g/mol. The largest absolute Gasteiger partial charge is 0.356 e. The maximum atomic E-state index is 12.6. The molecule has 0 unspecified atom stereocenters. The molecule has 0 radical (unpaired) electrons. The summed E-state index contributed by atoms with van der Waals surface area (Å²) >= 11 is 0. The molecule has 0 aliphatic rings. The number of hydrogen-bond donors (Lipinski definition) is 2. The lowest BCUT2D eigenvalue weighted by Crippen LogP contribution is -2.27. The van der Waals surface area contributed by atoms with Crippen molar-refractivity contribution in [1.29, 1.82) is 0 Å². The van der Waals surface area contributed by atoms with Gasteiger partial charge in [-0.25, -0.2) is 18.1 Å².